The van der Waals surface area contributed by atoms with E-state index in [4.69, 9.17) is 16.3 Å². The van der Waals surface area contributed by atoms with Gasteiger partial charge in [-0.2, -0.15) is 0 Å². The van der Waals surface area contributed by atoms with E-state index in [0.717, 1.165) is 18.7 Å². The van der Waals surface area contributed by atoms with E-state index in [1.807, 2.05) is 12.1 Å². The van der Waals surface area contributed by atoms with Crippen molar-refractivity contribution < 1.29 is 9.53 Å². The first-order valence-corrected chi connectivity index (χ1v) is 10.9. The molecule has 7 nitrogen and oxygen atoms in total. The second-order valence-electron chi connectivity index (χ2n) is 7.57. The van der Waals surface area contributed by atoms with Crippen LogP contribution < -0.4 is 10.1 Å². The quantitative estimate of drug-likeness (QED) is 0.331. The Bertz CT molecular complexity index is 1300. The molecule has 0 saturated heterocycles. The number of pyridine rings is 1. The van der Waals surface area contributed by atoms with E-state index in [-0.39, 0.29) is 5.91 Å². The number of rotatable bonds is 8. The Morgan fingerprint density at radius 3 is 2.79 bits per heavy atom. The molecule has 0 bridgehead atoms. The summed E-state index contributed by atoms with van der Waals surface area (Å²) in [4.78, 5) is 26.1. The molecule has 2 N–H and O–H groups in total. The van der Waals surface area contributed by atoms with Crippen molar-refractivity contribution >= 4 is 34.4 Å². The van der Waals surface area contributed by atoms with Crippen molar-refractivity contribution in [2.45, 2.75) is 13.5 Å². The lowest BCUT2D eigenvalue weighted by Crippen LogP contribution is -2.16. The molecule has 0 aliphatic carbocycles. The third-order valence-electron chi connectivity index (χ3n) is 5.16. The number of imidazole rings is 1. The third-order valence-corrected chi connectivity index (χ3v) is 5.42. The van der Waals surface area contributed by atoms with Gasteiger partial charge in [-0.05, 0) is 37.4 Å². The number of aromatic nitrogens is 3. The number of nitrogens with zero attached hydrogens (tertiary/aromatic N) is 3. The largest absolute Gasteiger partial charge is 0.453 e. The number of hydrogen-bond acceptors (Lipinski definition) is 5. The zero-order chi connectivity index (χ0) is 23.4. The molecule has 0 saturated carbocycles. The number of H-pyrrole nitrogens is 1. The molecule has 0 unspecified atom stereocenters. The number of hydrogen-bond donors (Lipinski definition) is 2. The van der Waals surface area contributed by atoms with E-state index in [9.17, 15) is 4.79 Å². The number of anilines is 1. The summed E-state index contributed by atoms with van der Waals surface area (Å²) in [6.07, 6.45) is 2.72. The van der Waals surface area contributed by atoms with Gasteiger partial charge in [-0.3, -0.25) is 4.79 Å². The minimum atomic E-state index is -0.304. The van der Waals surface area contributed by atoms with E-state index in [0.29, 0.717) is 39.2 Å². The van der Waals surface area contributed by atoms with Gasteiger partial charge >= 0.3 is 0 Å². The number of amides is 1. The lowest BCUT2D eigenvalue weighted by Gasteiger charge is -2.13. The maximum absolute atomic E-state index is 11.6. The van der Waals surface area contributed by atoms with Crippen molar-refractivity contribution in [3.63, 3.8) is 0 Å². The molecule has 1 amide bonds. The van der Waals surface area contributed by atoms with Gasteiger partial charge in [0.05, 0.1) is 6.20 Å². The summed E-state index contributed by atoms with van der Waals surface area (Å²) in [5.74, 6) is 1.29. The van der Waals surface area contributed by atoms with Crippen molar-refractivity contribution in [3.05, 3.63) is 78.0 Å². The van der Waals surface area contributed by atoms with Gasteiger partial charge in [-0.25, -0.2) is 9.97 Å². The third kappa shape index (κ3) is 5.22. The van der Waals surface area contributed by atoms with Crippen LogP contribution in [0.2, 0.25) is 5.02 Å². The second-order valence-corrected chi connectivity index (χ2v) is 7.98. The molecule has 2 aromatic heterocycles. The molecule has 2 heterocycles. The molecule has 0 radical (unpaired) electrons. The van der Waals surface area contributed by atoms with Crippen molar-refractivity contribution in [2.24, 2.45) is 0 Å². The van der Waals surface area contributed by atoms with Gasteiger partial charge in [0.1, 0.15) is 22.1 Å². The molecular formula is C25H24ClN5O2. The van der Waals surface area contributed by atoms with Crippen LogP contribution in [0, 0.1) is 0 Å². The average Bonchev–Trinajstić information content (AvgIpc) is 3.26. The number of carbonyl (C=O) groups excluding carboxylic acids is 1. The fourth-order valence-corrected chi connectivity index (χ4v) is 3.47. The normalized spacial score (nSPS) is 11.0. The van der Waals surface area contributed by atoms with Crippen LogP contribution in [0.3, 0.4) is 0 Å². The molecule has 4 aromatic rings. The molecule has 0 atom stereocenters. The van der Waals surface area contributed by atoms with Crippen LogP contribution in [0.25, 0.3) is 22.6 Å². The number of benzene rings is 2. The van der Waals surface area contributed by atoms with Gasteiger partial charge in [0.25, 0.3) is 0 Å². The van der Waals surface area contributed by atoms with Gasteiger partial charge in [0.15, 0.2) is 11.4 Å². The Morgan fingerprint density at radius 2 is 2.06 bits per heavy atom. The fraction of sp³-hybridized carbons (Fsp3) is 0.160. The minimum Gasteiger partial charge on any atom is -0.453 e. The summed E-state index contributed by atoms with van der Waals surface area (Å²) >= 11 is 6.41. The number of halogens is 1. The lowest BCUT2D eigenvalue weighted by atomic mass is 10.1. The smallest absolute Gasteiger partial charge is 0.247 e. The summed E-state index contributed by atoms with van der Waals surface area (Å²) in [5.41, 5.74) is 3.83. The van der Waals surface area contributed by atoms with Crippen LogP contribution in [0.5, 0.6) is 11.5 Å². The zero-order valence-electron chi connectivity index (χ0n) is 18.4. The molecule has 4 rings (SSSR count). The Balaban J connectivity index is 1.63. The fourth-order valence-electron chi connectivity index (χ4n) is 3.29. The van der Waals surface area contributed by atoms with E-state index in [1.54, 1.807) is 24.3 Å². The number of nitrogens with one attached hydrogen (secondary N) is 2. The first-order valence-electron chi connectivity index (χ1n) is 10.5. The predicted octanol–water partition coefficient (Wildman–Crippen LogP) is 5.65. The minimum absolute atomic E-state index is 0.304. The highest BCUT2D eigenvalue weighted by atomic mass is 35.5. The van der Waals surface area contributed by atoms with Crippen LogP contribution in [-0.2, 0) is 11.3 Å². The summed E-state index contributed by atoms with van der Waals surface area (Å²) < 4.78 is 6.08. The van der Waals surface area contributed by atoms with Crippen molar-refractivity contribution in [3.8, 4) is 22.9 Å². The van der Waals surface area contributed by atoms with Crippen molar-refractivity contribution in [1.82, 2.24) is 19.9 Å². The highest BCUT2D eigenvalue weighted by molar-refractivity contribution is 6.32. The molecule has 0 aliphatic heterocycles. The zero-order valence-corrected chi connectivity index (χ0v) is 19.2. The van der Waals surface area contributed by atoms with Crippen molar-refractivity contribution in [1.29, 1.82) is 0 Å². The number of fused-ring (bicyclic) bond motifs is 1. The van der Waals surface area contributed by atoms with Crippen LogP contribution in [-0.4, -0.2) is 39.4 Å². The molecule has 0 aliphatic rings. The highest BCUT2D eigenvalue weighted by Crippen LogP contribution is 2.36. The maximum atomic E-state index is 11.6. The van der Waals surface area contributed by atoms with Gasteiger partial charge in [-0.15, -0.1) is 0 Å². The first kappa shape index (κ1) is 22.5. The molecule has 0 spiro atoms. The van der Waals surface area contributed by atoms with E-state index < -0.39 is 0 Å². The number of carbonyl (C=O) groups is 1. The Labute approximate surface area is 197 Å². The number of aromatic amines is 1. The van der Waals surface area contributed by atoms with Gasteiger partial charge in [0.2, 0.25) is 5.91 Å². The maximum Gasteiger partial charge on any atom is 0.247 e. The van der Waals surface area contributed by atoms with E-state index in [1.165, 1.54) is 17.8 Å². The average molecular weight is 462 g/mol. The van der Waals surface area contributed by atoms with Crippen molar-refractivity contribution in [2.75, 3.05) is 18.9 Å². The van der Waals surface area contributed by atoms with Crippen LogP contribution >= 0.6 is 11.6 Å². The highest BCUT2D eigenvalue weighted by Gasteiger charge is 2.16. The van der Waals surface area contributed by atoms with Crippen LogP contribution in [0.15, 0.2) is 67.4 Å². The summed E-state index contributed by atoms with van der Waals surface area (Å²) in [6, 6.07) is 15.3. The monoisotopic (exact) mass is 461 g/mol. The van der Waals surface area contributed by atoms with Crippen LogP contribution in [0.4, 0.5) is 5.69 Å². The van der Waals surface area contributed by atoms with E-state index in [2.05, 4.69) is 57.9 Å². The summed E-state index contributed by atoms with van der Waals surface area (Å²) in [7, 11) is 2.09. The van der Waals surface area contributed by atoms with Gasteiger partial charge in [0, 0.05) is 23.9 Å². The molecule has 0 fully saturated rings. The SMILES string of the molecule is C=CC(=O)Nc1cccc(Oc2c(Cl)cnc3nc(-c4ccc(CN(C)CC)cc4)[nH]c23)c1. The Hall–Kier alpha value is -3.68. The molecule has 2 aromatic carbocycles. The van der Waals surface area contributed by atoms with E-state index >= 15 is 0 Å². The second kappa shape index (κ2) is 9.85. The van der Waals surface area contributed by atoms with Gasteiger partial charge < -0.3 is 19.9 Å². The number of ether oxygens (including phenoxy) is 1. The standard InChI is InChI=1S/C25H24ClN5O2/c1-4-21(32)28-18-7-6-8-19(13-18)33-23-20(26)14-27-25-22(23)29-24(30-25)17-11-9-16(10-12-17)15-31(3)5-2/h4,6-14H,1,5,15H2,2-3H3,(H,28,32)(H,27,29,30). The molecule has 8 heteroatoms. The Kier molecular flexibility index (Phi) is 6.72. The lowest BCUT2D eigenvalue weighted by molar-refractivity contribution is -0.111. The molecule has 168 valence electrons. The van der Waals surface area contributed by atoms with Gasteiger partial charge in [-0.1, -0.05) is 55.4 Å². The molecule has 33 heavy (non-hydrogen) atoms. The Morgan fingerprint density at radius 1 is 1.27 bits per heavy atom. The summed E-state index contributed by atoms with van der Waals surface area (Å²) in [6.45, 7) is 7.47. The topological polar surface area (TPSA) is 83.1 Å². The first-order chi connectivity index (χ1) is 16.0. The summed E-state index contributed by atoms with van der Waals surface area (Å²) in [5, 5.41) is 3.05. The van der Waals surface area contributed by atoms with Crippen LogP contribution in [0.1, 0.15) is 12.5 Å². The molecular weight excluding hydrogens is 438 g/mol. The predicted molar refractivity (Wildman–Crippen MR) is 132 cm³/mol.